The van der Waals surface area contributed by atoms with Crippen LogP contribution in [0.1, 0.15) is 26.2 Å². The third-order valence-corrected chi connectivity index (χ3v) is 4.61. The molecule has 1 aliphatic rings. The molecule has 0 aromatic heterocycles. The van der Waals surface area contributed by atoms with E-state index in [1.54, 1.807) is 0 Å². The normalized spacial score (nSPS) is 17.5. The van der Waals surface area contributed by atoms with Gasteiger partial charge >= 0.3 is 0 Å². The van der Waals surface area contributed by atoms with Crippen molar-refractivity contribution in [3.8, 4) is 0 Å². The zero-order chi connectivity index (χ0) is 14.3. The Morgan fingerprint density at radius 1 is 1.20 bits per heavy atom. The molecule has 0 atom stereocenters. The molecule has 1 heterocycles. The van der Waals surface area contributed by atoms with Crippen LogP contribution in [0.5, 0.6) is 0 Å². The van der Waals surface area contributed by atoms with Crippen LogP contribution in [-0.2, 0) is 14.8 Å². The summed E-state index contributed by atoms with van der Waals surface area (Å²) in [6.07, 6.45) is 3.80. The third kappa shape index (κ3) is 7.42. The molecule has 0 aliphatic carbocycles. The molecule has 0 saturated carbocycles. The van der Waals surface area contributed by atoms with E-state index in [9.17, 15) is 13.2 Å². The summed E-state index contributed by atoms with van der Waals surface area (Å²) in [7, 11) is -3.06. The molecule has 8 heteroatoms. The molecule has 0 spiro atoms. The second-order valence-electron chi connectivity index (χ2n) is 4.96. The fourth-order valence-corrected chi connectivity index (χ4v) is 2.89. The van der Waals surface area contributed by atoms with Crippen molar-refractivity contribution < 1.29 is 13.2 Å². The van der Waals surface area contributed by atoms with Gasteiger partial charge in [-0.2, -0.15) is 4.31 Å². The van der Waals surface area contributed by atoms with Crippen LogP contribution in [0, 0.1) is 0 Å². The highest BCUT2D eigenvalue weighted by atomic mass is 35.5. The Bertz CT molecular complexity index is 381. The van der Waals surface area contributed by atoms with E-state index in [-0.39, 0.29) is 18.3 Å². The van der Waals surface area contributed by atoms with Crippen molar-refractivity contribution in [3.63, 3.8) is 0 Å². The van der Waals surface area contributed by atoms with Crippen LogP contribution in [0.4, 0.5) is 0 Å². The van der Waals surface area contributed by atoms with Crippen LogP contribution in [0.15, 0.2) is 0 Å². The molecule has 0 aromatic rings. The first-order valence-corrected chi connectivity index (χ1v) is 8.72. The summed E-state index contributed by atoms with van der Waals surface area (Å²) < 4.78 is 24.2. The van der Waals surface area contributed by atoms with Crippen LogP contribution >= 0.6 is 12.4 Å². The highest BCUT2D eigenvalue weighted by Gasteiger charge is 2.22. The van der Waals surface area contributed by atoms with E-state index in [1.165, 1.54) is 10.6 Å². The molecule has 120 valence electrons. The summed E-state index contributed by atoms with van der Waals surface area (Å²) in [5.41, 5.74) is 0. The highest BCUT2D eigenvalue weighted by Crippen LogP contribution is 2.05. The van der Waals surface area contributed by atoms with Crippen molar-refractivity contribution in [1.29, 1.82) is 0 Å². The van der Waals surface area contributed by atoms with Crippen LogP contribution in [-0.4, -0.2) is 69.1 Å². The molecule has 20 heavy (non-hydrogen) atoms. The molecule has 0 aromatic carbocycles. The third-order valence-electron chi connectivity index (χ3n) is 3.31. The molecule has 1 saturated heterocycles. The molecule has 0 bridgehead atoms. The Labute approximate surface area is 128 Å². The molecule has 0 unspecified atom stereocenters. The summed E-state index contributed by atoms with van der Waals surface area (Å²) >= 11 is 0. The maximum atomic E-state index is 11.4. The maximum Gasteiger partial charge on any atom is 0.220 e. The molecular formula is C12H26ClN3O3S. The lowest BCUT2D eigenvalue weighted by Crippen LogP contribution is -2.49. The van der Waals surface area contributed by atoms with Gasteiger partial charge in [0.2, 0.25) is 15.9 Å². The molecule has 6 nitrogen and oxygen atoms in total. The molecule has 0 radical (unpaired) electrons. The zero-order valence-corrected chi connectivity index (χ0v) is 13.9. The number of carbonyl (C=O) groups excluding carboxylic acids is 1. The van der Waals surface area contributed by atoms with E-state index >= 15 is 0 Å². The van der Waals surface area contributed by atoms with Crippen LogP contribution in [0.3, 0.4) is 0 Å². The summed E-state index contributed by atoms with van der Waals surface area (Å²) in [5, 5.41) is 2.89. The molecule has 1 rings (SSSR count). The van der Waals surface area contributed by atoms with Gasteiger partial charge in [0.05, 0.1) is 6.26 Å². The van der Waals surface area contributed by atoms with E-state index in [4.69, 9.17) is 0 Å². The van der Waals surface area contributed by atoms with E-state index in [1.807, 2.05) is 0 Å². The maximum absolute atomic E-state index is 11.4. The topological polar surface area (TPSA) is 69.7 Å². The number of nitrogens with one attached hydrogen (secondary N) is 1. The number of amides is 1. The molecule has 1 amide bonds. The van der Waals surface area contributed by atoms with Gasteiger partial charge < -0.3 is 5.32 Å². The minimum atomic E-state index is -3.06. The van der Waals surface area contributed by atoms with Gasteiger partial charge in [-0.25, -0.2) is 8.42 Å². The smallest absolute Gasteiger partial charge is 0.220 e. The van der Waals surface area contributed by atoms with E-state index < -0.39 is 10.0 Å². The number of nitrogens with zero attached hydrogens (tertiary/aromatic N) is 2. The van der Waals surface area contributed by atoms with Crippen LogP contribution in [0.2, 0.25) is 0 Å². The first-order valence-electron chi connectivity index (χ1n) is 6.87. The van der Waals surface area contributed by atoms with E-state index in [0.717, 1.165) is 32.5 Å². The predicted octanol–water partition coefficient (Wildman–Crippen LogP) is 0.292. The predicted molar refractivity (Wildman–Crippen MR) is 82.6 cm³/mol. The average Bonchev–Trinajstić information content (AvgIpc) is 2.36. The Balaban J connectivity index is 0.00000361. The fourth-order valence-electron chi connectivity index (χ4n) is 2.06. The second kappa shape index (κ2) is 9.55. The quantitative estimate of drug-likeness (QED) is 0.730. The fraction of sp³-hybridized carbons (Fsp3) is 0.917. The van der Waals surface area contributed by atoms with Crippen molar-refractivity contribution in [3.05, 3.63) is 0 Å². The number of unbranched alkanes of at least 4 members (excludes halogenated alkanes) is 1. The molecule has 1 aliphatic heterocycles. The number of carbonyl (C=O) groups is 1. The summed E-state index contributed by atoms with van der Waals surface area (Å²) in [6.45, 7) is 6.05. The minimum absolute atomic E-state index is 0. The lowest BCUT2D eigenvalue weighted by molar-refractivity contribution is -0.121. The number of rotatable bonds is 7. The summed E-state index contributed by atoms with van der Waals surface area (Å²) in [6, 6.07) is 0. The summed E-state index contributed by atoms with van der Waals surface area (Å²) in [4.78, 5) is 13.6. The van der Waals surface area contributed by atoms with Crippen LogP contribution < -0.4 is 5.32 Å². The average molecular weight is 328 g/mol. The number of sulfonamides is 1. The van der Waals surface area contributed by atoms with Gasteiger partial charge in [-0.15, -0.1) is 12.4 Å². The standard InChI is InChI=1S/C12H25N3O3S.ClH/c1-3-4-5-12(16)13-6-7-14-8-10-15(11-9-14)19(2,17)18;/h3-11H2,1-2H3,(H,13,16);1H. The number of halogens is 1. The molecule has 1 N–H and O–H groups in total. The summed E-state index contributed by atoms with van der Waals surface area (Å²) in [5.74, 6) is 0.108. The van der Waals surface area contributed by atoms with Gasteiger partial charge in [0.25, 0.3) is 0 Å². The van der Waals surface area contributed by atoms with E-state index in [2.05, 4.69) is 17.1 Å². The zero-order valence-electron chi connectivity index (χ0n) is 12.3. The van der Waals surface area contributed by atoms with Gasteiger partial charge in [-0.05, 0) is 6.42 Å². The first-order chi connectivity index (χ1) is 8.93. The van der Waals surface area contributed by atoms with Crippen molar-refractivity contribution >= 4 is 28.3 Å². The first kappa shape index (κ1) is 19.6. The monoisotopic (exact) mass is 327 g/mol. The Hall–Kier alpha value is -0.370. The van der Waals surface area contributed by atoms with Gasteiger partial charge in [-0.3, -0.25) is 9.69 Å². The van der Waals surface area contributed by atoms with E-state index in [0.29, 0.717) is 26.1 Å². The number of hydrogen-bond donors (Lipinski definition) is 1. The largest absolute Gasteiger partial charge is 0.355 e. The lowest BCUT2D eigenvalue weighted by Gasteiger charge is -2.33. The van der Waals surface area contributed by atoms with Crippen molar-refractivity contribution in [2.45, 2.75) is 26.2 Å². The SMILES string of the molecule is CCCCC(=O)NCCN1CCN(S(C)(=O)=O)CC1.Cl. The Kier molecular flexibility index (Phi) is 9.37. The Morgan fingerprint density at radius 3 is 2.30 bits per heavy atom. The lowest BCUT2D eigenvalue weighted by atomic mass is 10.2. The number of piperazine rings is 1. The highest BCUT2D eigenvalue weighted by molar-refractivity contribution is 7.88. The Morgan fingerprint density at radius 2 is 1.80 bits per heavy atom. The van der Waals surface area contributed by atoms with Crippen molar-refractivity contribution in [2.24, 2.45) is 0 Å². The van der Waals surface area contributed by atoms with Crippen LogP contribution in [0.25, 0.3) is 0 Å². The van der Waals surface area contributed by atoms with Gasteiger partial charge in [0.1, 0.15) is 0 Å². The minimum Gasteiger partial charge on any atom is -0.355 e. The second-order valence-corrected chi connectivity index (χ2v) is 6.94. The van der Waals surface area contributed by atoms with Gasteiger partial charge in [0.15, 0.2) is 0 Å². The van der Waals surface area contributed by atoms with Gasteiger partial charge in [-0.1, -0.05) is 13.3 Å². The van der Waals surface area contributed by atoms with Crippen molar-refractivity contribution in [2.75, 3.05) is 45.5 Å². The molecular weight excluding hydrogens is 302 g/mol. The number of hydrogen-bond acceptors (Lipinski definition) is 4. The van der Waals surface area contributed by atoms with Crippen molar-refractivity contribution in [1.82, 2.24) is 14.5 Å². The van der Waals surface area contributed by atoms with Gasteiger partial charge in [0, 0.05) is 45.7 Å². The molecule has 1 fully saturated rings.